The van der Waals surface area contributed by atoms with Crippen molar-refractivity contribution in [2.45, 2.75) is 25.8 Å². The molecule has 1 aromatic rings. The van der Waals surface area contributed by atoms with Gasteiger partial charge >= 0.3 is 0 Å². The fourth-order valence-electron chi connectivity index (χ4n) is 4.19. The Labute approximate surface area is 160 Å². The molecule has 0 atom stereocenters. The topological polar surface area (TPSA) is 64.9 Å². The molecule has 8 nitrogen and oxygen atoms in total. The molecule has 27 heavy (non-hydrogen) atoms. The highest BCUT2D eigenvalue weighted by molar-refractivity contribution is 5.97. The van der Waals surface area contributed by atoms with Crippen LogP contribution in [0, 0.1) is 0 Å². The molecule has 0 spiro atoms. The van der Waals surface area contributed by atoms with E-state index in [1.54, 1.807) is 0 Å². The van der Waals surface area contributed by atoms with Crippen LogP contribution < -0.4 is 0 Å². The highest BCUT2D eigenvalue weighted by atomic mass is 16.2. The monoisotopic (exact) mass is 374 g/mol. The van der Waals surface area contributed by atoms with Crippen molar-refractivity contribution in [2.75, 3.05) is 66.5 Å². The van der Waals surface area contributed by atoms with Crippen LogP contribution in [0.3, 0.4) is 0 Å². The number of likely N-dealkylation sites (N-methyl/N-ethyl adjacent to an activating group) is 2. The van der Waals surface area contributed by atoms with Gasteiger partial charge in [-0.2, -0.15) is 0 Å². The number of carbonyl (C=O) groups is 2. The average molecular weight is 374 g/mol. The number of piperazine rings is 2. The van der Waals surface area contributed by atoms with Crippen LogP contribution in [0.2, 0.25) is 0 Å². The lowest BCUT2D eigenvalue weighted by Crippen LogP contribution is -2.48. The maximum Gasteiger partial charge on any atom is 0.289 e. The Bertz CT molecular complexity index is 656. The molecule has 0 unspecified atom stereocenters. The number of imidazole rings is 1. The van der Waals surface area contributed by atoms with Crippen LogP contribution in [-0.4, -0.2) is 107 Å². The van der Waals surface area contributed by atoms with Crippen molar-refractivity contribution < 1.29 is 9.59 Å². The van der Waals surface area contributed by atoms with Gasteiger partial charge in [-0.05, 0) is 33.4 Å². The maximum atomic E-state index is 13.1. The molecule has 3 aliphatic rings. The van der Waals surface area contributed by atoms with Gasteiger partial charge in [0.25, 0.3) is 11.8 Å². The molecule has 1 aromatic heterocycles. The molecule has 0 N–H and O–H groups in total. The second-order valence-corrected chi connectivity index (χ2v) is 8.03. The van der Waals surface area contributed by atoms with Crippen molar-refractivity contribution in [1.82, 2.24) is 29.2 Å². The van der Waals surface area contributed by atoms with Crippen molar-refractivity contribution in [3.05, 3.63) is 17.2 Å². The third-order valence-corrected chi connectivity index (χ3v) is 6.09. The number of amides is 2. The smallest absolute Gasteiger partial charge is 0.289 e. The zero-order valence-electron chi connectivity index (χ0n) is 16.5. The van der Waals surface area contributed by atoms with Crippen LogP contribution in [0.25, 0.3) is 0 Å². The lowest BCUT2D eigenvalue weighted by Gasteiger charge is -2.32. The van der Waals surface area contributed by atoms with Gasteiger partial charge in [-0.15, -0.1) is 0 Å². The minimum absolute atomic E-state index is 0.00817. The lowest BCUT2D eigenvalue weighted by atomic mass is 10.1. The molecule has 4 rings (SSSR count). The quantitative estimate of drug-likeness (QED) is 0.729. The van der Waals surface area contributed by atoms with Crippen LogP contribution in [0.4, 0.5) is 0 Å². The lowest BCUT2D eigenvalue weighted by molar-refractivity contribution is 0.0645. The minimum atomic E-state index is -0.0244. The van der Waals surface area contributed by atoms with Crippen LogP contribution in [0.15, 0.2) is 0 Å². The zero-order valence-corrected chi connectivity index (χ0v) is 16.5. The van der Waals surface area contributed by atoms with Gasteiger partial charge in [0.05, 0.1) is 5.69 Å². The number of aromatic nitrogens is 2. The number of hydrogen-bond acceptors (Lipinski definition) is 5. The predicted molar refractivity (Wildman–Crippen MR) is 102 cm³/mol. The molecule has 0 radical (unpaired) electrons. The molecule has 3 aliphatic heterocycles. The molecule has 0 bridgehead atoms. The molecule has 2 amide bonds. The predicted octanol–water partition coefficient (Wildman–Crippen LogP) is -0.00540. The molecule has 0 aliphatic carbocycles. The second kappa shape index (κ2) is 7.59. The van der Waals surface area contributed by atoms with E-state index >= 15 is 0 Å². The first kappa shape index (κ1) is 18.4. The summed E-state index contributed by atoms with van der Waals surface area (Å²) < 4.78 is 2.02. The summed E-state index contributed by atoms with van der Waals surface area (Å²) in [4.78, 5) is 39.1. The first-order chi connectivity index (χ1) is 13.0. The number of carbonyl (C=O) groups excluding carboxylic acids is 2. The van der Waals surface area contributed by atoms with E-state index in [-0.39, 0.29) is 11.8 Å². The molecule has 8 heteroatoms. The Morgan fingerprint density at radius 3 is 1.89 bits per heavy atom. The van der Waals surface area contributed by atoms with Gasteiger partial charge in [-0.3, -0.25) is 9.59 Å². The molecule has 0 aromatic carbocycles. The van der Waals surface area contributed by atoms with E-state index in [1.807, 2.05) is 14.4 Å². The summed E-state index contributed by atoms with van der Waals surface area (Å²) in [6, 6.07) is 0. The van der Waals surface area contributed by atoms with Crippen molar-refractivity contribution >= 4 is 11.8 Å². The molecule has 148 valence electrons. The van der Waals surface area contributed by atoms with Crippen LogP contribution in [-0.2, 0) is 13.0 Å². The van der Waals surface area contributed by atoms with Crippen molar-refractivity contribution in [3.8, 4) is 0 Å². The van der Waals surface area contributed by atoms with Crippen molar-refractivity contribution in [3.63, 3.8) is 0 Å². The van der Waals surface area contributed by atoms with E-state index in [4.69, 9.17) is 0 Å². The number of nitrogens with zero attached hydrogens (tertiary/aromatic N) is 6. The van der Waals surface area contributed by atoms with Gasteiger partial charge in [-0.1, -0.05) is 0 Å². The summed E-state index contributed by atoms with van der Waals surface area (Å²) in [6.45, 7) is 7.21. The number of fused-ring (bicyclic) bond motifs is 1. The summed E-state index contributed by atoms with van der Waals surface area (Å²) >= 11 is 0. The summed E-state index contributed by atoms with van der Waals surface area (Å²) in [7, 11) is 4.15. The first-order valence-corrected chi connectivity index (χ1v) is 10.1. The first-order valence-electron chi connectivity index (χ1n) is 10.1. The fraction of sp³-hybridized carbons (Fsp3) is 0.737. The van der Waals surface area contributed by atoms with E-state index < -0.39 is 0 Å². The van der Waals surface area contributed by atoms with Gasteiger partial charge in [0.15, 0.2) is 5.82 Å². The molecule has 0 saturated carbocycles. The molecule has 2 saturated heterocycles. The molecule has 2 fully saturated rings. The van der Waals surface area contributed by atoms with Gasteiger partial charge < -0.3 is 24.2 Å². The number of hydrogen-bond donors (Lipinski definition) is 0. The third kappa shape index (κ3) is 3.60. The van der Waals surface area contributed by atoms with Crippen LogP contribution in [0.1, 0.15) is 39.6 Å². The van der Waals surface area contributed by atoms with Gasteiger partial charge in [-0.25, -0.2) is 4.98 Å². The van der Waals surface area contributed by atoms with E-state index in [2.05, 4.69) is 28.9 Å². The summed E-state index contributed by atoms with van der Waals surface area (Å²) in [5.74, 6) is 0.432. The highest BCUT2D eigenvalue weighted by Gasteiger charge is 2.33. The standard InChI is InChI=1S/C19H30N6O2/c1-21-7-11-23(12-8-21)18(26)16-15-5-3-4-6-25(15)17(20-16)19(27)24-13-9-22(2)10-14-24/h3-14H2,1-2H3. The van der Waals surface area contributed by atoms with Gasteiger partial charge in [0.1, 0.15) is 5.69 Å². The average Bonchev–Trinajstić information content (AvgIpc) is 3.08. The van der Waals surface area contributed by atoms with E-state index in [9.17, 15) is 9.59 Å². The normalized spacial score (nSPS) is 22.0. The van der Waals surface area contributed by atoms with Crippen LogP contribution in [0.5, 0.6) is 0 Å². The minimum Gasteiger partial charge on any atom is -0.335 e. The van der Waals surface area contributed by atoms with Crippen molar-refractivity contribution in [2.24, 2.45) is 0 Å². The van der Waals surface area contributed by atoms with Crippen molar-refractivity contribution in [1.29, 1.82) is 0 Å². The Morgan fingerprint density at radius 1 is 0.741 bits per heavy atom. The maximum absolute atomic E-state index is 13.1. The Balaban J connectivity index is 1.60. The third-order valence-electron chi connectivity index (χ3n) is 6.09. The number of rotatable bonds is 2. The van der Waals surface area contributed by atoms with E-state index in [0.29, 0.717) is 11.5 Å². The Morgan fingerprint density at radius 2 is 1.30 bits per heavy atom. The van der Waals surface area contributed by atoms with E-state index in [1.165, 1.54) is 0 Å². The van der Waals surface area contributed by atoms with Gasteiger partial charge in [0.2, 0.25) is 0 Å². The molecular formula is C19H30N6O2. The van der Waals surface area contributed by atoms with Crippen LogP contribution >= 0.6 is 0 Å². The summed E-state index contributed by atoms with van der Waals surface area (Å²) in [5, 5.41) is 0. The largest absolute Gasteiger partial charge is 0.335 e. The second-order valence-electron chi connectivity index (χ2n) is 8.03. The Hall–Kier alpha value is -1.93. The fourth-order valence-corrected chi connectivity index (χ4v) is 4.19. The zero-order chi connectivity index (χ0) is 19.0. The SMILES string of the molecule is CN1CCN(C(=O)c2nc(C(=O)N3CCN(C)CC3)n3c2CCCC3)CC1. The summed E-state index contributed by atoms with van der Waals surface area (Å²) in [5.41, 5.74) is 1.47. The van der Waals surface area contributed by atoms with Gasteiger partial charge in [0, 0.05) is 58.9 Å². The Kier molecular flexibility index (Phi) is 5.19. The molecule has 4 heterocycles. The summed E-state index contributed by atoms with van der Waals surface area (Å²) in [6.07, 6.45) is 2.92. The molecular weight excluding hydrogens is 344 g/mol. The van der Waals surface area contributed by atoms with E-state index in [0.717, 1.165) is 83.9 Å². The highest BCUT2D eigenvalue weighted by Crippen LogP contribution is 2.24.